The molecule has 166 valence electrons. The first-order valence-corrected chi connectivity index (χ1v) is 9.23. The van der Waals surface area contributed by atoms with Crippen molar-refractivity contribution in [2.24, 2.45) is 17.4 Å². The van der Waals surface area contributed by atoms with Gasteiger partial charge in [-0.05, 0) is 19.3 Å². The van der Waals surface area contributed by atoms with Crippen molar-refractivity contribution in [3.63, 3.8) is 0 Å². The number of carboxylic acids is 1. The van der Waals surface area contributed by atoms with Crippen LogP contribution >= 0.6 is 0 Å². The molecule has 12 heteroatoms. The highest BCUT2D eigenvalue weighted by Crippen LogP contribution is 2.09. The lowest BCUT2D eigenvalue weighted by Crippen LogP contribution is -2.58. The third kappa shape index (κ3) is 9.34. The standard InChI is InChI=1S/C17H31N5O7/c1-4-8(2)13(22-15(26)10(18)7-23)16(27)20-9(3)14(25)21-11(17(28)29)5-6-12(19)24/h8-11,13,23H,4-7,18H2,1-3H3,(H2,19,24)(H,20,27)(H,21,25)(H,22,26)(H,28,29). The van der Waals surface area contributed by atoms with Crippen LogP contribution in [0.1, 0.15) is 40.0 Å². The maximum absolute atomic E-state index is 12.6. The van der Waals surface area contributed by atoms with E-state index in [9.17, 15) is 24.0 Å². The largest absolute Gasteiger partial charge is 0.480 e. The molecule has 0 aromatic rings. The summed E-state index contributed by atoms with van der Waals surface area (Å²) in [4.78, 5) is 58.7. The number of amides is 4. The third-order valence-corrected chi connectivity index (χ3v) is 4.37. The van der Waals surface area contributed by atoms with E-state index in [2.05, 4.69) is 16.0 Å². The van der Waals surface area contributed by atoms with Gasteiger partial charge in [0.25, 0.3) is 0 Å². The summed E-state index contributed by atoms with van der Waals surface area (Å²) in [5, 5.41) is 25.2. The number of aliphatic carboxylic acids is 1. The zero-order chi connectivity index (χ0) is 22.7. The number of carboxylic acid groups (broad SMARTS) is 1. The van der Waals surface area contributed by atoms with Crippen molar-refractivity contribution in [1.29, 1.82) is 0 Å². The maximum Gasteiger partial charge on any atom is 0.326 e. The van der Waals surface area contributed by atoms with Gasteiger partial charge in [-0.25, -0.2) is 4.79 Å². The Kier molecular flexibility index (Phi) is 11.5. The van der Waals surface area contributed by atoms with Crippen LogP contribution in [0.2, 0.25) is 0 Å². The number of primary amides is 1. The van der Waals surface area contributed by atoms with Crippen LogP contribution < -0.4 is 27.4 Å². The van der Waals surface area contributed by atoms with E-state index in [4.69, 9.17) is 21.7 Å². The van der Waals surface area contributed by atoms with Crippen molar-refractivity contribution < 1.29 is 34.2 Å². The SMILES string of the molecule is CCC(C)C(NC(=O)C(N)CO)C(=O)NC(C)C(=O)NC(CCC(N)=O)C(=O)O. The number of hydrogen-bond donors (Lipinski definition) is 7. The number of nitrogens with two attached hydrogens (primary N) is 2. The van der Waals surface area contributed by atoms with Crippen molar-refractivity contribution in [3.05, 3.63) is 0 Å². The van der Waals surface area contributed by atoms with Gasteiger partial charge in [0.1, 0.15) is 24.2 Å². The minimum Gasteiger partial charge on any atom is -0.480 e. The first-order chi connectivity index (χ1) is 13.4. The van der Waals surface area contributed by atoms with Gasteiger partial charge < -0.3 is 37.6 Å². The predicted octanol–water partition coefficient (Wildman–Crippen LogP) is -2.82. The molecule has 0 saturated carbocycles. The summed E-state index contributed by atoms with van der Waals surface area (Å²) >= 11 is 0. The molecule has 0 rings (SSSR count). The number of aliphatic hydroxyl groups excluding tert-OH is 1. The molecule has 0 aromatic heterocycles. The van der Waals surface area contributed by atoms with E-state index in [-0.39, 0.29) is 18.8 Å². The Hall–Kier alpha value is -2.73. The Morgan fingerprint density at radius 1 is 0.966 bits per heavy atom. The summed E-state index contributed by atoms with van der Waals surface area (Å²) < 4.78 is 0. The van der Waals surface area contributed by atoms with Crippen molar-refractivity contribution >= 4 is 29.6 Å². The van der Waals surface area contributed by atoms with Gasteiger partial charge in [0, 0.05) is 6.42 Å². The molecule has 0 heterocycles. The van der Waals surface area contributed by atoms with Crippen LogP contribution in [0.15, 0.2) is 0 Å². The third-order valence-electron chi connectivity index (χ3n) is 4.37. The van der Waals surface area contributed by atoms with Crippen molar-refractivity contribution in [1.82, 2.24) is 16.0 Å². The van der Waals surface area contributed by atoms with E-state index in [0.717, 1.165) is 0 Å². The molecule has 0 radical (unpaired) electrons. The van der Waals surface area contributed by atoms with Gasteiger partial charge in [-0.3, -0.25) is 19.2 Å². The Bertz CT molecular complexity index is 613. The van der Waals surface area contributed by atoms with Crippen LogP contribution in [-0.4, -0.2) is 70.6 Å². The molecular weight excluding hydrogens is 386 g/mol. The zero-order valence-electron chi connectivity index (χ0n) is 16.8. The molecule has 0 spiro atoms. The lowest BCUT2D eigenvalue weighted by atomic mass is 9.97. The quantitative estimate of drug-likeness (QED) is 0.165. The highest BCUT2D eigenvalue weighted by atomic mass is 16.4. The van der Waals surface area contributed by atoms with E-state index in [0.29, 0.717) is 6.42 Å². The van der Waals surface area contributed by atoms with Crippen LogP contribution in [-0.2, 0) is 24.0 Å². The Labute approximate surface area is 168 Å². The second-order valence-electron chi connectivity index (χ2n) is 6.80. The summed E-state index contributed by atoms with van der Waals surface area (Å²) in [6, 6.07) is -4.67. The van der Waals surface area contributed by atoms with Crippen LogP contribution in [0.5, 0.6) is 0 Å². The molecule has 4 amide bonds. The van der Waals surface area contributed by atoms with Crippen LogP contribution in [0.3, 0.4) is 0 Å². The first-order valence-electron chi connectivity index (χ1n) is 9.23. The minimum atomic E-state index is -1.35. The number of carbonyl (C=O) groups is 5. The molecule has 29 heavy (non-hydrogen) atoms. The van der Waals surface area contributed by atoms with E-state index >= 15 is 0 Å². The normalized spacial score (nSPS) is 15.9. The number of hydrogen-bond acceptors (Lipinski definition) is 7. The first kappa shape index (κ1) is 26.3. The van der Waals surface area contributed by atoms with Gasteiger partial charge in [0.2, 0.25) is 23.6 Å². The fourth-order valence-corrected chi connectivity index (χ4v) is 2.25. The number of carbonyl (C=O) groups excluding carboxylic acids is 4. The Balaban J connectivity index is 5.05. The van der Waals surface area contributed by atoms with Gasteiger partial charge in [-0.1, -0.05) is 20.3 Å². The minimum absolute atomic E-state index is 0.193. The number of aliphatic hydroxyl groups is 1. The van der Waals surface area contributed by atoms with Crippen LogP contribution in [0, 0.1) is 5.92 Å². The smallest absolute Gasteiger partial charge is 0.326 e. The highest BCUT2D eigenvalue weighted by molar-refractivity contribution is 5.94. The van der Waals surface area contributed by atoms with Crippen molar-refractivity contribution in [2.45, 2.75) is 64.2 Å². The number of nitrogens with one attached hydrogen (secondary N) is 3. The average molecular weight is 417 g/mol. The molecular formula is C17H31N5O7. The van der Waals surface area contributed by atoms with Gasteiger partial charge in [-0.2, -0.15) is 0 Å². The lowest BCUT2D eigenvalue weighted by Gasteiger charge is -2.26. The second kappa shape index (κ2) is 12.7. The summed E-state index contributed by atoms with van der Waals surface area (Å²) in [7, 11) is 0. The van der Waals surface area contributed by atoms with Gasteiger partial charge >= 0.3 is 5.97 Å². The molecule has 0 aliphatic carbocycles. The van der Waals surface area contributed by atoms with Crippen molar-refractivity contribution in [2.75, 3.05) is 6.61 Å². The summed E-state index contributed by atoms with van der Waals surface area (Å²) in [6.45, 7) is 4.26. The van der Waals surface area contributed by atoms with E-state index in [1.807, 2.05) is 0 Å². The zero-order valence-corrected chi connectivity index (χ0v) is 16.8. The summed E-state index contributed by atoms with van der Waals surface area (Å²) in [5.74, 6) is -4.52. The fraction of sp³-hybridized carbons (Fsp3) is 0.706. The average Bonchev–Trinajstić information content (AvgIpc) is 2.66. The molecule has 0 aliphatic rings. The monoisotopic (exact) mass is 417 g/mol. The van der Waals surface area contributed by atoms with Gasteiger partial charge in [0.05, 0.1) is 6.61 Å². The molecule has 9 N–H and O–H groups in total. The fourth-order valence-electron chi connectivity index (χ4n) is 2.25. The van der Waals surface area contributed by atoms with Gasteiger partial charge in [0.15, 0.2) is 0 Å². The van der Waals surface area contributed by atoms with E-state index < -0.39 is 60.4 Å². The summed E-state index contributed by atoms with van der Waals surface area (Å²) in [6.07, 6.45) is 0.106. The Morgan fingerprint density at radius 2 is 1.55 bits per heavy atom. The van der Waals surface area contributed by atoms with E-state index in [1.54, 1.807) is 13.8 Å². The topological polar surface area (TPSA) is 214 Å². The predicted molar refractivity (Wildman–Crippen MR) is 102 cm³/mol. The highest BCUT2D eigenvalue weighted by Gasteiger charge is 2.30. The second-order valence-corrected chi connectivity index (χ2v) is 6.80. The Morgan fingerprint density at radius 3 is 2.00 bits per heavy atom. The molecule has 0 aromatic carbocycles. The van der Waals surface area contributed by atoms with E-state index in [1.165, 1.54) is 6.92 Å². The van der Waals surface area contributed by atoms with Gasteiger partial charge in [-0.15, -0.1) is 0 Å². The van der Waals surface area contributed by atoms with Crippen LogP contribution in [0.25, 0.3) is 0 Å². The number of rotatable bonds is 13. The molecule has 0 saturated heterocycles. The maximum atomic E-state index is 12.6. The van der Waals surface area contributed by atoms with Crippen molar-refractivity contribution in [3.8, 4) is 0 Å². The lowest BCUT2D eigenvalue weighted by molar-refractivity contribution is -0.142. The molecule has 0 aliphatic heterocycles. The molecule has 0 fully saturated rings. The summed E-state index contributed by atoms with van der Waals surface area (Å²) in [5.41, 5.74) is 10.4. The molecule has 12 nitrogen and oxygen atoms in total. The molecule has 0 bridgehead atoms. The van der Waals surface area contributed by atoms with Crippen LogP contribution in [0.4, 0.5) is 0 Å². The molecule has 5 unspecified atom stereocenters. The molecule has 5 atom stereocenters.